The van der Waals surface area contributed by atoms with Crippen molar-refractivity contribution in [2.24, 2.45) is 0 Å². The second-order valence-corrected chi connectivity index (χ2v) is 6.10. The van der Waals surface area contributed by atoms with Crippen molar-refractivity contribution in [2.45, 2.75) is 45.1 Å². The highest BCUT2D eigenvalue weighted by Crippen LogP contribution is 2.26. The molecular weight excluding hydrogens is 232 g/mol. The molecule has 1 heterocycles. The molecule has 0 spiro atoms. The fourth-order valence-electron chi connectivity index (χ4n) is 3.69. The van der Waals surface area contributed by atoms with Crippen molar-refractivity contribution in [1.82, 2.24) is 4.90 Å². The van der Waals surface area contributed by atoms with Crippen LogP contribution in [0.1, 0.15) is 37.7 Å². The van der Waals surface area contributed by atoms with Gasteiger partial charge in [0, 0.05) is 37.9 Å². The van der Waals surface area contributed by atoms with Gasteiger partial charge < -0.3 is 4.90 Å². The summed E-state index contributed by atoms with van der Waals surface area (Å²) >= 11 is 0. The zero-order valence-corrected chi connectivity index (χ0v) is 12.1. The largest absolute Gasteiger partial charge is 0.369 e. The van der Waals surface area contributed by atoms with E-state index in [-0.39, 0.29) is 0 Å². The van der Waals surface area contributed by atoms with Crippen LogP contribution in [0.25, 0.3) is 0 Å². The number of nitrogens with zero attached hydrogens (tertiary/aromatic N) is 2. The molecule has 0 N–H and O–H groups in total. The molecule has 1 aromatic rings. The zero-order valence-electron chi connectivity index (χ0n) is 12.1. The highest BCUT2D eigenvalue weighted by molar-refractivity contribution is 5.53. The molecule has 19 heavy (non-hydrogen) atoms. The Morgan fingerprint density at radius 2 is 1.58 bits per heavy atom. The van der Waals surface area contributed by atoms with E-state index in [1.54, 1.807) is 0 Å². The fraction of sp³-hybridized carbons (Fsp3) is 0.647. The van der Waals surface area contributed by atoms with E-state index in [2.05, 4.69) is 41.0 Å². The summed E-state index contributed by atoms with van der Waals surface area (Å²) in [6.45, 7) is 7.11. The van der Waals surface area contributed by atoms with Crippen LogP contribution in [0.4, 0.5) is 5.69 Å². The van der Waals surface area contributed by atoms with Crippen molar-refractivity contribution in [2.75, 3.05) is 31.1 Å². The summed E-state index contributed by atoms with van der Waals surface area (Å²) in [7, 11) is 0. The molecule has 104 valence electrons. The lowest BCUT2D eigenvalue weighted by Crippen LogP contribution is -2.51. The Balaban J connectivity index is 1.58. The van der Waals surface area contributed by atoms with Gasteiger partial charge in [-0.05, 0) is 31.4 Å². The van der Waals surface area contributed by atoms with E-state index < -0.39 is 0 Å². The van der Waals surface area contributed by atoms with Gasteiger partial charge in [0.25, 0.3) is 0 Å². The molecule has 0 aromatic heterocycles. The SMILES string of the molecule is Cc1ccccc1N1CCN(C2CCCCC2)CC1. The maximum Gasteiger partial charge on any atom is 0.0396 e. The molecule has 2 fully saturated rings. The summed E-state index contributed by atoms with van der Waals surface area (Å²) in [5.41, 5.74) is 2.85. The number of hydrogen-bond acceptors (Lipinski definition) is 2. The van der Waals surface area contributed by atoms with Crippen LogP contribution in [0.5, 0.6) is 0 Å². The van der Waals surface area contributed by atoms with Crippen LogP contribution in [0.2, 0.25) is 0 Å². The van der Waals surface area contributed by atoms with Crippen molar-refractivity contribution in [3.63, 3.8) is 0 Å². The van der Waals surface area contributed by atoms with Crippen LogP contribution in [0.3, 0.4) is 0 Å². The van der Waals surface area contributed by atoms with E-state index in [9.17, 15) is 0 Å². The Hall–Kier alpha value is -1.02. The first-order chi connectivity index (χ1) is 9.34. The van der Waals surface area contributed by atoms with Gasteiger partial charge in [-0.15, -0.1) is 0 Å². The van der Waals surface area contributed by atoms with Gasteiger partial charge in [-0.2, -0.15) is 0 Å². The van der Waals surface area contributed by atoms with Crippen molar-refractivity contribution in [1.29, 1.82) is 0 Å². The van der Waals surface area contributed by atoms with Gasteiger partial charge in [0.15, 0.2) is 0 Å². The second kappa shape index (κ2) is 5.96. The second-order valence-electron chi connectivity index (χ2n) is 6.10. The van der Waals surface area contributed by atoms with E-state index >= 15 is 0 Å². The first-order valence-electron chi connectivity index (χ1n) is 7.89. The van der Waals surface area contributed by atoms with Crippen LogP contribution >= 0.6 is 0 Å². The van der Waals surface area contributed by atoms with Crippen molar-refractivity contribution in [3.8, 4) is 0 Å². The van der Waals surface area contributed by atoms with Gasteiger partial charge in [0.2, 0.25) is 0 Å². The van der Waals surface area contributed by atoms with E-state index in [0.29, 0.717) is 0 Å². The molecule has 0 unspecified atom stereocenters. The summed E-state index contributed by atoms with van der Waals surface area (Å²) in [5.74, 6) is 0. The molecule has 1 saturated carbocycles. The Kier molecular flexibility index (Phi) is 4.07. The maximum absolute atomic E-state index is 2.74. The zero-order chi connectivity index (χ0) is 13.1. The molecule has 2 nitrogen and oxygen atoms in total. The highest BCUT2D eigenvalue weighted by atomic mass is 15.3. The topological polar surface area (TPSA) is 6.48 Å². The molecule has 1 aromatic carbocycles. The average Bonchev–Trinajstić information content (AvgIpc) is 2.49. The predicted octanol–water partition coefficient (Wildman–Crippen LogP) is 3.45. The normalized spacial score (nSPS) is 22.7. The van der Waals surface area contributed by atoms with Crippen molar-refractivity contribution in [3.05, 3.63) is 29.8 Å². The molecular formula is C17H26N2. The maximum atomic E-state index is 2.74. The molecule has 1 aliphatic heterocycles. The van der Waals surface area contributed by atoms with E-state index in [0.717, 1.165) is 6.04 Å². The highest BCUT2D eigenvalue weighted by Gasteiger charge is 2.25. The minimum Gasteiger partial charge on any atom is -0.369 e. The van der Waals surface area contributed by atoms with E-state index in [1.807, 2.05) is 0 Å². The number of hydrogen-bond donors (Lipinski definition) is 0. The van der Waals surface area contributed by atoms with Crippen LogP contribution in [-0.2, 0) is 0 Å². The molecule has 2 aliphatic rings. The number of benzene rings is 1. The monoisotopic (exact) mass is 258 g/mol. The average molecular weight is 258 g/mol. The summed E-state index contributed by atoms with van der Waals surface area (Å²) < 4.78 is 0. The van der Waals surface area contributed by atoms with Crippen molar-refractivity contribution >= 4 is 5.69 Å². The Morgan fingerprint density at radius 1 is 0.895 bits per heavy atom. The number of rotatable bonds is 2. The van der Waals surface area contributed by atoms with Gasteiger partial charge in [-0.1, -0.05) is 37.5 Å². The van der Waals surface area contributed by atoms with Crippen molar-refractivity contribution < 1.29 is 0 Å². The quantitative estimate of drug-likeness (QED) is 0.801. The third kappa shape index (κ3) is 2.94. The summed E-state index contributed by atoms with van der Waals surface area (Å²) in [6, 6.07) is 9.68. The number of anilines is 1. The standard InChI is InChI=1S/C17H26N2/c1-15-7-5-6-10-17(15)19-13-11-18(12-14-19)16-8-3-2-4-9-16/h5-7,10,16H,2-4,8-9,11-14H2,1H3. The number of piperazine rings is 1. The number of para-hydroxylation sites is 1. The van der Waals surface area contributed by atoms with Crippen LogP contribution in [0.15, 0.2) is 24.3 Å². The summed E-state index contributed by atoms with van der Waals surface area (Å²) in [6.07, 6.45) is 7.22. The first-order valence-corrected chi connectivity index (χ1v) is 7.89. The minimum atomic E-state index is 0.882. The molecule has 0 bridgehead atoms. The van der Waals surface area contributed by atoms with Crippen LogP contribution in [0, 0.1) is 6.92 Å². The molecule has 0 radical (unpaired) electrons. The first kappa shape index (κ1) is 13.0. The fourth-order valence-corrected chi connectivity index (χ4v) is 3.69. The lowest BCUT2D eigenvalue weighted by molar-refractivity contribution is 0.148. The van der Waals surface area contributed by atoms with Gasteiger partial charge in [-0.25, -0.2) is 0 Å². The Morgan fingerprint density at radius 3 is 2.26 bits per heavy atom. The van der Waals surface area contributed by atoms with Gasteiger partial charge in [0.05, 0.1) is 0 Å². The molecule has 2 heteroatoms. The van der Waals surface area contributed by atoms with Gasteiger partial charge in [0.1, 0.15) is 0 Å². The predicted molar refractivity (Wildman–Crippen MR) is 81.8 cm³/mol. The third-order valence-electron chi connectivity index (χ3n) is 4.86. The van der Waals surface area contributed by atoms with Gasteiger partial charge >= 0.3 is 0 Å². The van der Waals surface area contributed by atoms with Crippen LogP contribution < -0.4 is 4.90 Å². The Labute approximate surface area is 117 Å². The minimum absolute atomic E-state index is 0.882. The number of aryl methyl sites for hydroxylation is 1. The molecule has 0 amide bonds. The smallest absolute Gasteiger partial charge is 0.0396 e. The summed E-state index contributed by atoms with van der Waals surface area (Å²) in [4.78, 5) is 5.31. The lowest BCUT2D eigenvalue weighted by Gasteiger charge is -2.42. The Bertz CT molecular complexity index is 401. The van der Waals surface area contributed by atoms with E-state index in [1.165, 1.54) is 69.5 Å². The third-order valence-corrected chi connectivity index (χ3v) is 4.86. The molecule has 1 aliphatic carbocycles. The van der Waals surface area contributed by atoms with Gasteiger partial charge in [-0.3, -0.25) is 4.90 Å². The molecule has 3 rings (SSSR count). The van der Waals surface area contributed by atoms with E-state index in [4.69, 9.17) is 0 Å². The lowest BCUT2D eigenvalue weighted by atomic mass is 9.94. The molecule has 1 saturated heterocycles. The molecule has 0 atom stereocenters. The van der Waals surface area contributed by atoms with Crippen LogP contribution in [-0.4, -0.2) is 37.1 Å². The summed E-state index contributed by atoms with van der Waals surface area (Å²) in [5, 5.41) is 0.